The van der Waals surface area contributed by atoms with Crippen LogP contribution in [0.2, 0.25) is 5.02 Å². The van der Waals surface area contributed by atoms with Gasteiger partial charge in [0.25, 0.3) is 0 Å². The Morgan fingerprint density at radius 3 is 2.70 bits per heavy atom. The Morgan fingerprint density at radius 1 is 1.15 bits per heavy atom. The molecule has 1 N–H and O–H groups in total. The van der Waals surface area contributed by atoms with Crippen molar-refractivity contribution in [1.29, 1.82) is 0 Å². The van der Waals surface area contributed by atoms with Gasteiger partial charge in [0.15, 0.2) is 5.43 Å². The van der Waals surface area contributed by atoms with E-state index in [1.165, 1.54) is 6.07 Å². The molecule has 0 bridgehead atoms. The van der Waals surface area contributed by atoms with Crippen molar-refractivity contribution < 1.29 is 4.39 Å². The molecule has 0 fully saturated rings. The molecule has 0 aliphatic heterocycles. The molecule has 0 unspecified atom stereocenters. The minimum Gasteiger partial charge on any atom is -0.354 e. The van der Waals surface area contributed by atoms with E-state index in [0.29, 0.717) is 22.2 Å². The van der Waals surface area contributed by atoms with Crippen LogP contribution in [0.15, 0.2) is 47.3 Å². The molecule has 0 radical (unpaired) electrons. The van der Waals surface area contributed by atoms with Crippen LogP contribution in [-0.4, -0.2) is 4.98 Å². The average molecular weight is 288 g/mol. The Kier molecular flexibility index (Phi) is 3.07. The van der Waals surface area contributed by atoms with E-state index in [2.05, 4.69) is 4.98 Å². The summed E-state index contributed by atoms with van der Waals surface area (Å²) in [5.74, 6) is -0.413. The predicted octanol–water partition coefficient (Wildman–Crippen LogP) is 4.30. The number of para-hydroxylation sites is 1. The first kappa shape index (κ1) is 12.9. The van der Waals surface area contributed by atoms with Crippen molar-refractivity contribution in [2.24, 2.45) is 0 Å². The third-order valence-corrected chi connectivity index (χ3v) is 3.61. The van der Waals surface area contributed by atoms with Crippen LogP contribution < -0.4 is 5.43 Å². The molecule has 2 aromatic carbocycles. The van der Waals surface area contributed by atoms with Crippen LogP contribution in [0.3, 0.4) is 0 Å². The molecule has 0 aliphatic carbocycles. The number of halogens is 2. The van der Waals surface area contributed by atoms with E-state index in [0.717, 1.165) is 0 Å². The van der Waals surface area contributed by atoms with Crippen LogP contribution in [-0.2, 0) is 0 Å². The Balaban J connectivity index is 2.36. The first-order valence-electron chi connectivity index (χ1n) is 6.15. The smallest absolute Gasteiger partial charge is 0.190 e. The van der Waals surface area contributed by atoms with E-state index in [4.69, 9.17) is 11.6 Å². The van der Waals surface area contributed by atoms with Gasteiger partial charge in [-0.3, -0.25) is 4.79 Å². The summed E-state index contributed by atoms with van der Waals surface area (Å²) in [5, 5.41) is 0.847. The highest BCUT2D eigenvalue weighted by Crippen LogP contribution is 2.31. The number of aryl methyl sites for hydroxylation is 1. The maximum atomic E-state index is 14.3. The first-order chi connectivity index (χ1) is 9.58. The van der Waals surface area contributed by atoms with Crippen molar-refractivity contribution in [3.8, 4) is 11.3 Å². The lowest BCUT2D eigenvalue weighted by molar-refractivity contribution is 0.621. The topological polar surface area (TPSA) is 32.9 Å². The lowest BCUT2D eigenvalue weighted by atomic mass is 10.1. The van der Waals surface area contributed by atoms with Gasteiger partial charge in [0.1, 0.15) is 5.82 Å². The Hall–Kier alpha value is -2.13. The number of aromatic amines is 1. The second-order valence-electron chi connectivity index (χ2n) is 4.65. The maximum Gasteiger partial charge on any atom is 0.190 e. The molecular formula is C16H11ClFNO. The summed E-state index contributed by atoms with van der Waals surface area (Å²) in [6, 6.07) is 11.7. The summed E-state index contributed by atoms with van der Waals surface area (Å²) in [7, 11) is 0. The zero-order valence-electron chi connectivity index (χ0n) is 10.7. The number of benzene rings is 2. The number of fused-ring (bicyclic) bond motifs is 1. The van der Waals surface area contributed by atoms with Crippen LogP contribution in [0.1, 0.15) is 5.56 Å². The molecule has 0 amide bonds. The molecule has 0 saturated heterocycles. The molecule has 20 heavy (non-hydrogen) atoms. The molecule has 0 atom stereocenters. The van der Waals surface area contributed by atoms with Crippen molar-refractivity contribution in [2.45, 2.75) is 6.92 Å². The maximum absolute atomic E-state index is 14.3. The quantitative estimate of drug-likeness (QED) is 0.711. The third-order valence-electron chi connectivity index (χ3n) is 3.29. The van der Waals surface area contributed by atoms with Crippen LogP contribution in [0.5, 0.6) is 0 Å². The Labute approximate surface area is 119 Å². The van der Waals surface area contributed by atoms with E-state index >= 15 is 0 Å². The number of H-pyrrole nitrogens is 1. The molecule has 3 aromatic rings. The molecule has 2 nitrogen and oxygen atoms in total. The molecule has 3 rings (SSSR count). The molecule has 0 saturated carbocycles. The van der Waals surface area contributed by atoms with E-state index in [1.807, 2.05) is 6.07 Å². The summed E-state index contributed by atoms with van der Waals surface area (Å²) in [6.07, 6.45) is 0. The van der Waals surface area contributed by atoms with Crippen LogP contribution in [0, 0.1) is 12.7 Å². The van der Waals surface area contributed by atoms with Crippen LogP contribution in [0.25, 0.3) is 22.2 Å². The molecule has 4 heteroatoms. The number of aromatic nitrogens is 1. The molecule has 100 valence electrons. The summed E-state index contributed by atoms with van der Waals surface area (Å²) >= 11 is 6.08. The zero-order chi connectivity index (χ0) is 14.3. The number of nitrogens with one attached hydrogen (secondary N) is 1. The van der Waals surface area contributed by atoms with Crippen molar-refractivity contribution in [2.75, 3.05) is 0 Å². The van der Waals surface area contributed by atoms with Gasteiger partial charge < -0.3 is 4.98 Å². The standard InChI is InChI=1S/C16H11ClFNO/c1-9-6-7-11(17)15(16(9)18)13-8-14(20)10-4-2-3-5-12(10)19-13/h2-8H,1H3,(H,19,20). The molecule has 0 spiro atoms. The fourth-order valence-corrected chi connectivity index (χ4v) is 2.48. The Bertz CT molecular complexity index is 870. The van der Waals surface area contributed by atoms with E-state index in [1.54, 1.807) is 37.3 Å². The van der Waals surface area contributed by atoms with Crippen molar-refractivity contribution in [1.82, 2.24) is 4.98 Å². The normalized spacial score (nSPS) is 10.9. The SMILES string of the molecule is Cc1ccc(Cl)c(-c2cc(=O)c3ccccc3[nH]2)c1F. The van der Waals surface area contributed by atoms with Gasteiger partial charge in [-0.25, -0.2) is 4.39 Å². The fourth-order valence-electron chi connectivity index (χ4n) is 2.24. The highest BCUT2D eigenvalue weighted by atomic mass is 35.5. The summed E-state index contributed by atoms with van der Waals surface area (Å²) < 4.78 is 14.3. The van der Waals surface area contributed by atoms with E-state index in [-0.39, 0.29) is 16.0 Å². The highest BCUT2D eigenvalue weighted by molar-refractivity contribution is 6.33. The summed E-state index contributed by atoms with van der Waals surface area (Å²) in [6.45, 7) is 1.66. The van der Waals surface area contributed by atoms with Gasteiger partial charge in [0, 0.05) is 17.0 Å². The van der Waals surface area contributed by atoms with Crippen molar-refractivity contribution >= 4 is 22.5 Å². The lowest BCUT2D eigenvalue weighted by Crippen LogP contribution is -2.04. The largest absolute Gasteiger partial charge is 0.354 e. The number of hydrogen-bond donors (Lipinski definition) is 1. The third kappa shape index (κ3) is 2.00. The molecule has 1 heterocycles. The van der Waals surface area contributed by atoms with Gasteiger partial charge in [-0.05, 0) is 30.7 Å². The number of rotatable bonds is 1. The van der Waals surface area contributed by atoms with Crippen LogP contribution >= 0.6 is 11.6 Å². The monoisotopic (exact) mass is 287 g/mol. The Morgan fingerprint density at radius 2 is 1.90 bits per heavy atom. The van der Waals surface area contributed by atoms with Gasteiger partial charge in [-0.2, -0.15) is 0 Å². The van der Waals surface area contributed by atoms with Gasteiger partial charge in [-0.1, -0.05) is 29.8 Å². The first-order valence-corrected chi connectivity index (χ1v) is 6.53. The van der Waals surface area contributed by atoms with Gasteiger partial charge in [0.2, 0.25) is 0 Å². The fraction of sp³-hybridized carbons (Fsp3) is 0.0625. The van der Waals surface area contributed by atoms with Gasteiger partial charge >= 0.3 is 0 Å². The van der Waals surface area contributed by atoms with Gasteiger partial charge in [0.05, 0.1) is 16.3 Å². The van der Waals surface area contributed by atoms with E-state index in [9.17, 15) is 9.18 Å². The van der Waals surface area contributed by atoms with Crippen LogP contribution in [0.4, 0.5) is 4.39 Å². The molecule has 0 aliphatic rings. The lowest BCUT2D eigenvalue weighted by Gasteiger charge is -2.09. The highest BCUT2D eigenvalue weighted by Gasteiger charge is 2.14. The second-order valence-corrected chi connectivity index (χ2v) is 5.05. The van der Waals surface area contributed by atoms with Crippen molar-refractivity contribution in [3.05, 3.63) is 69.1 Å². The van der Waals surface area contributed by atoms with Gasteiger partial charge in [-0.15, -0.1) is 0 Å². The molecule has 1 aromatic heterocycles. The minimum absolute atomic E-state index is 0.161. The molecular weight excluding hydrogens is 277 g/mol. The van der Waals surface area contributed by atoms with Crippen molar-refractivity contribution in [3.63, 3.8) is 0 Å². The average Bonchev–Trinajstić information content (AvgIpc) is 2.44. The summed E-state index contributed by atoms with van der Waals surface area (Å²) in [5.41, 5.74) is 1.60. The summed E-state index contributed by atoms with van der Waals surface area (Å²) in [4.78, 5) is 15.2. The number of pyridine rings is 1. The predicted molar refractivity (Wildman–Crippen MR) is 79.7 cm³/mol. The second kappa shape index (κ2) is 4.76. The van der Waals surface area contributed by atoms with E-state index < -0.39 is 5.82 Å². The minimum atomic E-state index is -0.413. The zero-order valence-corrected chi connectivity index (χ0v) is 11.5. The number of hydrogen-bond acceptors (Lipinski definition) is 1.